The van der Waals surface area contributed by atoms with Gasteiger partial charge in [0.25, 0.3) is 0 Å². The predicted molar refractivity (Wildman–Crippen MR) is 37.1 cm³/mol. The third-order valence-electron chi connectivity index (χ3n) is 1.11. The molecule has 0 aromatic carbocycles. The highest BCUT2D eigenvalue weighted by Gasteiger charge is 2.12. The van der Waals surface area contributed by atoms with Crippen LogP contribution in [0.4, 0.5) is 0 Å². The molecule has 0 amide bonds. The molecule has 0 radical (unpaired) electrons. The molecule has 0 spiro atoms. The van der Waals surface area contributed by atoms with Crippen LogP contribution in [0.1, 0.15) is 6.92 Å². The summed E-state index contributed by atoms with van der Waals surface area (Å²) >= 11 is 0. The smallest absolute Gasteiger partial charge is 0.322 e. The van der Waals surface area contributed by atoms with Crippen molar-refractivity contribution in [1.29, 1.82) is 0 Å². The van der Waals surface area contributed by atoms with Crippen molar-refractivity contribution in [2.75, 3.05) is 13.7 Å². The fourth-order valence-corrected chi connectivity index (χ4v) is 0.501. The highest BCUT2D eigenvalue weighted by Crippen LogP contribution is 1.83. The van der Waals surface area contributed by atoms with Gasteiger partial charge in [-0.15, -0.1) is 0 Å². The fourth-order valence-electron chi connectivity index (χ4n) is 0.501. The van der Waals surface area contributed by atoms with E-state index in [4.69, 9.17) is 5.11 Å². The van der Waals surface area contributed by atoms with Crippen LogP contribution in [-0.4, -0.2) is 36.7 Å². The third-order valence-corrected chi connectivity index (χ3v) is 1.11. The summed E-state index contributed by atoms with van der Waals surface area (Å²) in [5.41, 5.74) is 0. The van der Waals surface area contributed by atoms with Gasteiger partial charge in [0.15, 0.2) is 0 Å². The van der Waals surface area contributed by atoms with Crippen molar-refractivity contribution in [1.82, 2.24) is 5.32 Å². The van der Waals surface area contributed by atoms with E-state index in [-0.39, 0.29) is 6.54 Å². The number of rotatable bonds is 4. The second kappa shape index (κ2) is 4.68. The van der Waals surface area contributed by atoms with Gasteiger partial charge in [-0.05, 0) is 6.92 Å². The van der Waals surface area contributed by atoms with Gasteiger partial charge in [0, 0.05) is 0 Å². The molecule has 0 aromatic heterocycles. The first-order chi connectivity index (χ1) is 5.07. The van der Waals surface area contributed by atoms with Gasteiger partial charge in [-0.25, -0.2) is 0 Å². The van der Waals surface area contributed by atoms with E-state index in [0.717, 1.165) is 0 Å². The average molecular weight is 161 g/mol. The number of nitrogens with one attached hydrogen (secondary N) is 1. The number of hydrogen-bond acceptors (Lipinski definition) is 4. The normalized spacial score (nSPS) is 12.2. The SMILES string of the molecule is COC(=O)[C@@H](C)NCC(=O)O. The fraction of sp³-hybridized carbons (Fsp3) is 0.667. The number of esters is 1. The molecule has 0 aliphatic carbocycles. The Kier molecular flexibility index (Phi) is 4.21. The monoisotopic (exact) mass is 161 g/mol. The lowest BCUT2D eigenvalue weighted by Crippen LogP contribution is -2.37. The number of carboxylic acids is 1. The molecular weight excluding hydrogens is 150 g/mol. The molecule has 0 unspecified atom stereocenters. The minimum absolute atomic E-state index is 0.240. The Morgan fingerprint density at radius 3 is 2.55 bits per heavy atom. The van der Waals surface area contributed by atoms with Crippen molar-refractivity contribution in [3.63, 3.8) is 0 Å². The number of carbonyl (C=O) groups is 2. The van der Waals surface area contributed by atoms with Gasteiger partial charge in [0.1, 0.15) is 6.04 Å². The van der Waals surface area contributed by atoms with Crippen LogP contribution in [-0.2, 0) is 14.3 Å². The predicted octanol–water partition coefficient (Wildman–Crippen LogP) is -0.778. The zero-order chi connectivity index (χ0) is 8.85. The number of aliphatic carboxylic acids is 1. The van der Waals surface area contributed by atoms with Gasteiger partial charge in [-0.2, -0.15) is 0 Å². The van der Waals surface area contributed by atoms with E-state index in [1.165, 1.54) is 14.0 Å². The molecule has 1 atom stereocenters. The molecule has 64 valence electrons. The van der Waals surface area contributed by atoms with Crippen LogP contribution in [0.3, 0.4) is 0 Å². The maximum Gasteiger partial charge on any atom is 0.322 e. The van der Waals surface area contributed by atoms with Crippen molar-refractivity contribution in [3.05, 3.63) is 0 Å². The first kappa shape index (κ1) is 9.90. The lowest BCUT2D eigenvalue weighted by molar-refractivity contribution is -0.143. The topological polar surface area (TPSA) is 75.6 Å². The van der Waals surface area contributed by atoms with E-state index in [9.17, 15) is 9.59 Å². The minimum Gasteiger partial charge on any atom is -0.480 e. The van der Waals surface area contributed by atoms with E-state index in [1.54, 1.807) is 0 Å². The van der Waals surface area contributed by atoms with Gasteiger partial charge in [0.05, 0.1) is 13.7 Å². The Balaban J connectivity index is 3.60. The first-order valence-corrected chi connectivity index (χ1v) is 3.11. The molecule has 0 rings (SSSR count). The Labute approximate surface area is 64.3 Å². The van der Waals surface area contributed by atoms with Crippen LogP contribution in [0, 0.1) is 0 Å². The van der Waals surface area contributed by atoms with Gasteiger partial charge in [-0.3, -0.25) is 14.9 Å². The second-order valence-corrected chi connectivity index (χ2v) is 2.02. The molecular formula is C6H11NO4. The number of ether oxygens (including phenoxy) is 1. The molecule has 0 aromatic rings. The Morgan fingerprint density at radius 2 is 2.18 bits per heavy atom. The summed E-state index contributed by atoms with van der Waals surface area (Å²) in [4.78, 5) is 20.6. The molecule has 11 heavy (non-hydrogen) atoms. The van der Waals surface area contributed by atoms with E-state index in [1.807, 2.05) is 0 Å². The number of methoxy groups -OCH3 is 1. The van der Waals surface area contributed by atoms with E-state index in [0.29, 0.717) is 0 Å². The third kappa shape index (κ3) is 4.32. The molecule has 0 saturated heterocycles. The lowest BCUT2D eigenvalue weighted by Gasteiger charge is -2.08. The van der Waals surface area contributed by atoms with Crippen molar-refractivity contribution < 1.29 is 19.4 Å². The average Bonchev–Trinajstić information content (AvgIpc) is 1.98. The number of carboxylic acid groups (broad SMARTS) is 1. The van der Waals surface area contributed by atoms with Crippen LogP contribution in [0.2, 0.25) is 0 Å². The highest BCUT2D eigenvalue weighted by atomic mass is 16.5. The van der Waals surface area contributed by atoms with Crippen LogP contribution < -0.4 is 5.32 Å². The zero-order valence-corrected chi connectivity index (χ0v) is 6.46. The summed E-state index contributed by atoms with van der Waals surface area (Å²) in [6.45, 7) is 1.30. The standard InChI is InChI=1S/C6H11NO4/c1-4(6(10)11-2)7-3-5(8)9/h4,7H,3H2,1-2H3,(H,8,9)/t4-/m1/s1. The maximum atomic E-state index is 10.6. The van der Waals surface area contributed by atoms with E-state index >= 15 is 0 Å². The summed E-state index contributed by atoms with van der Waals surface area (Å²) in [6.07, 6.45) is 0. The van der Waals surface area contributed by atoms with Crippen LogP contribution in [0.15, 0.2) is 0 Å². The Bertz CT molecular complexity index is 157. The second-order valence-electron chi connectivity index (χ2n) is 2.02. The van der Waals surface area contributed by atoms with Crippen molar-refractivity contribution in [2.45, 2.75) is 13.0 Å². The molecule has 5 nitrogen and oxygen atoms in total. The molecule has 0 aliphatic heterocycles. The van der Waals surface area contributed by atoms with Gasteiger partial charge >= 0.3 is 11.9 Å². The molecule has 2 N–H and O–H groups in total. The van der Waals surface area contributed by atoms with Gasteiger partial charge in [-0.1, -0.05) is 0 Å². The minimum atomic E-state index is -0.999. The van der Waals surface area contributed by atoms with Crippen molar-refractivity contribution >= 4 is 11.9 Å². The summed E-state index contributed by atoms with van der Waals surface area (Å²) in [7, 11) is 1.25. The summed E-state index contributed by atoms with van der Waals surface area (Å²) in [5.74, 6) is -1.47. The van der Waals surface area contributed by atoms with Crippen LogP contribution >= 0.6 is 0 Å². The molecule has 5 heteroatoms. The number of hydrogen-bond donors (Lipinski definition) is 2. The van der Waals surface area contributed by atoms with E-state index in [2.05, 4.69) is 10.1 Å². The largest absolute Gasteiger partial charge is 0.480 e. The molecule has 0 fully saturated rings. The quantitative estimate of drug-likeness (QED) is 0.529. The Hall–Kier alpha value is -1.10. The highest BCUT2D eigenvalue weighted by molar-refractivity contribution is 5.76. The summed E-state index contributed by atoms with van der Waals surface area (Å²) in [6, 6.07) is -0.573. The number of carbonyl (C=O) groups excluding carboxylic acids is 1. The first-order valence-electron chi connectivity index (χ1n) is 3.11. The van der Waals surface area contributed by atoms with Crippen molar-refractivity contribution in [2.24, 2.45) is 0 Å². The molecule has 0 heterocycles. The maximum absolute atomic E-state index is 10.6. The van der Waals surface area contributed by atoms with Crippen LogP contribution in [0.5, 0.6) is 0 Å². The summed E-state index contributed by atoms with van der Waals surface area (Å²) < 4.78 is 4.35. The van der Waals surface area contributed by atoms with Gasteiger partial charge in [0.2, 0.25) is 0 Å². The summed E-state index contributed by atoms with van der Waals surface area (Å²) in [5, 5.41) is 10.7. The molecule has 0 saturated carbocycles. The van der Waals surface area contributed by atoms with Crippen LogP contribution in [0.25, 0.3) is 0 Å². The van der Waals surface area contributed by atoms with Gasteiger partial charge < -0.3 is 9.84 Å². The zero-order valence-electron chi connectivity index (χ0n) is 6.46. The molecule has 0 aliphatic rings. The molecule has 0 bridgehead atoms. The Morgan fingerprint density at radius 1 is 1.64 bits per heavy atom. The lowest BCUT2D eigenvalue weighted by atomic mass is 10.3. The van der Waals surface area contributed by atoms with Crippen molar-refractivity contribution in [3.8, 4) is 0 Å². The van der Waals surface area contributed by atoms with E-state index < -0.39 is 18.0 Å².